The molecule has 0 N–H and O–H groups in total. The first-order valence-electron chi connectivity index (χ1n) is 9.26. The number of ether oxygens (including phenoxy) is 2. The van der Waals surface area contributed by atoms with Crippen LogP contribution in [0.3, 0.4) is 0 Å². The van der Waals surface area contributed by atoms with Crippen molar-refractivity contribution in [2.75, 3.05) is 14.2 Å². The highest BCUT2D eigenvalue weighted by atomic mass is 16.5. The van der Waals surface area contributed by atoms with E-state index in [1.807, 2.05) is 7.11 Å². The van der Waals surface area contributed by atoms with E-state index in [2.05, 4.69) is 72.6 Å². The van der Waals surface area contributed by atoms with Crippen LogP contribution in [-0.4, -0.2) is 43.3 Å². The maximum absolute atomic E-state index is 6.70. The summed E-state index contributed by atoms with van der Waals surface area (Å²) in [6.07, 6.45) is 3.87. The van der Waals surface area contributed by atoms with Crippen LogP contribution < -0.4 is 0 Å². The lowest BCUT2D eigenvalue weighted by Gasteiger charge is -2.38. The second kappa shape index (κ2) is 7.28. The first kappa shape index (κ1) is 16.8. The molecular formula is C22H27NO2. The first-order valence-corrected chi connectivity index (χ1v) is 9.26. The Balaban J connectivity index is 1.56. The van der Waals surface area contributed by atoms with Gasteiger partial charge in [0, 0.05) is 19.2 Å². The molecule has 132 valence electrons. The summed E-state index contributed by atoms with van der Waals surface area (Å²) in [5.74, 6) is 0. The molecule has 2 saturated heterocycles. The number of rotatable bonds is 5. The monoisotopic (exact) mass is 337 g/mol. The Hall–Kier alpha value is -1.68. The van der Waals surface area contributed by atoms with E-state index in [-0.39, 0.29) is 12.2 Å². The smallest absolute Gasteiger partial charge is 0.108 e. The Kier molecular flexibility index (Phi) is 4.89. The second-order valence-corrected chi connectivity index (χ2v) is 7.33. The van der Waals surface area contributed by atoms with E-state index in [4.69, 9.17) is 9.47 Å². The van der Waals surface area contributed by atoms with Crippen molar-refractivity contribution in [1.82, 2.24) is 4.90 Å². The molecule has 0 aromatic heterocycles. The number of hydrogen-bond acceptors (Lipinski definition) is 3. The standard InChI is InChI=1S/C22H27NO2/c1-23-18-13-19(15-20(23)21(14-18)24-2)25-22(16-9-5-3-6-10-16)17-11-7-4-8-12-17/h3-12,18-22H,13-15H2,1-2H3/t18-,19+,20-,21+/m1/s1. The number of benzene rings is 2. The fourth-order valence-electron chi connectivity index (χ4n) is 4.54. The van der Waals surface area contributed by atoms with Gasteiger partial charge in [-0.2, -0.15) is 0 Å². The molecule has 0 spiro atoms. The fraction of sp³-hybridized carbons (Fsp3) is 0.455. The third-order valence-corrected chi connectivity index (χ3v) is 5.91. The van der Waals surface area contributed by atoms with Crippen LogP contribution in [0.2, 0.25) is 0 Å². The summed E-state index contributed by atoms with van der Waals surface area (Å²) in [5.41, 5.74) is 2.45. The Morgan fingerprint density at radius 1 is 0.880 bits per heavy atom. The lowest BCUT2D eigenvalue weighted by Crippen LogP contribution is -2.45. The van der Waals surface area contributed by atoms with Crippen LogP contribution in [0.25, 0.3) is 0 Å². The number of hydrogen-bond donors (Lipinski definition) is 0. The molecule has 3 heteroatoms. The molecule has 2 fully saturated rings. The molecule has 0 radical (unpaired) electrons. The SMILES string of the molecule is CO[C@H]1C[C@H]2C[C@H](OC(c3ccccc3)c3ccccc3)C[C@H]1N2C. The Labute approximate surface area is 150 Å². The molecule has 25 heavy (non-hydrogen) atoms. The number of methoxy groups -OCH3 is 1. The summed E-state index contributed by atoms with van der Waals surface area (Å²) < 4.78 is 12.4. The summed E-state index contributed by atoms with van der Waals surface area (Å²) >= 11 is 0. The van der Waals surface area contributed by atoms with E-state index < -0.39 is 0 Å². The minimum atomic E-state index is -0.00352. The molecule has 0 saturated carbocycles. The van der Waals surface area contributed by atoms with Crippen molar-refractivity contribution < 1.29 is 9.47 Å². The minimum absolute atomic E-state index is 0.00352. The summed E-state index contributed by atoms with van der Waals surface area (Å²) in [6.45, 7) is 0. The molecule has 0 aliphatic carbocycles. The van der Waals surface area contributed by atoms with Crippen LogP contribution in [0, 0.1) is 0 Å². The van der Waals surface area contributed by atoms with Crippen LogP contribution in [0.4, 0.5) is 0 Å². The molecule has 2 aliphatic heterocycles. The van der Waals surface area contributed by atoms with Crippen molar-refractivity contribution in [2.24, 2.45) is 0 Å². The highest BCUT2D eigenvalue weighted by Crippen LogP contribution is 2.39. The van der Waals surface area contributed by atoms with Crippen LogP contribution in [0.15, 0.2) is 60.7 Å². The third-order valence-electron chi connectivity index (χ3n) is 5.91. The molecule has 0 amide bonds. The van der Waals surface area contributed by atoms with E-state index in [1.54, 1.807) is 0 Å². The van der Waals surface area contributed by atoms with E-state index >= 15 is 0 Å². The number of piperidine rings is 1. The van der Waals surface area contributed by atoms with Crippen LogP contribution >= 0.6 is 0 Å². The summed E-state index contributed by atoms with van der Waals surface area (Å²) in [7, 11) is 4.07. The highest BCUT2D eigenvalue weighted by Gasteiger charge is 2.46. The first-order chi connectivity index (χ1) is 12.3. The molecule has 2 aliphatic rings. The second-order valence-electron chi connectivity index (χ2n) is 7.33. The Morgan fingerprint density at radius 2 is 1.48 bits per heavy atom. The van der Waals surface area contributed by atoms with E-state index in [0.717, 1.165) is 19.3 Å². The van der Waals surface area contributed by atoms with Crippen LogP contribution in [0.1, 0.15) is 36.5 Å². The zero-order valence-corrected chi connectivity index (χ0v) is 15.0. The quantitative estimate of drug-likeness (QED) is 0.822. The van der Waals surface area contributed by atoms with Crippen LogP contribution in [0.5, 0.6) is 0 Å². The molecule has 4 atom stereocenters. The molecule has 0 unspecified atom stereocenters. The van der Waals surface area contributed by atoms with Gasteiger partial charge in [0.15, 0.2) is 0 Å². The maximum atomic E-state index is 6.70. The molecule has 2 aromatic carbocycles. The Morgan fingerprint density at radius 3 is 2.04 bits per heavy atom. The largest absolute Gasteiger partial charge is 0.380 e. The van der Waals surface area contributed by atoms with Crippen molar-refractivity contribution in [3.8, 4) is 0 Å². The van der Waals surface area contributed by atoms with Crippen molar-refractivity contribution in [3.63, 3.8) is 0 Å². The highest BCUT2D eigenvalue weighted by molar-refractivity contribution is 5.30. The third kappa shape index (κ3) is 3.37. The van der Waals surface area contributed by atoms with Crippen molar-refractivity contribution in [2.45, 2.75) is 49.7 Å². The van der Waals surface area contributed by atoms with Gasteiger partial charge in [0.1, 0.15) is 6.10 Å². The van der Waals surface area contributed by atoms with Crippen molar-refractivity contribution >= 4 is 0 Å². The molecular weight excluding hydrogens is 310 g/mol. The van der Waals surface area contributed by atoms with E-state index in [0.29, 0.717) is 18.2 Å². The van der Waals surface area contributed by atoms with Gasteiger partial charge in [-0.15, -0.1) is 0 Å². The van der Waals surface area contributed by atoms with Gasteiger partial charge in [-0.05, 0) is 37.4 Å². The average Bonchev–Trinajstić information content (AvgIpc) is 2.85. The number of likely N-dealkylation sites (N-methyl/N-ethyl adjacent to an activating group) is 1. The molecule has 2 bridgehead atoms. The minimum Gasteiger partial charge on any atom is -0.380 e. The number of fused-ring (bicyclic) bond motifs is 2. The molecule has 4 rings (SSSR count). The van der Waals surface area contributed by atoms with Crippen molar-refractivity contribution in [3.05, 3.63) is 71.8 Å². The maximum Gasteiger partial charge on any atom is 0.108 e. The average molecular weight is 337 g/mol. The van der Waals surface area contributed by atoms with Gasteiger partial charge < -0.3 is 9.47 Å². The van der Waals surface area contributed by atoms with E-state index in [9.17, 15) is 0 Å². The predicted molar refractivity (Wildman–Crippen MR) is 99.6 cm³/mol. The van der Waals surface area contributed by atoms with Crippen molar-refractivity contribution in [1.29, 1.82) is 0 Å². The van der Waals surface area contributed by atoms with E-state index in [1.165, 1.54) is 11.1 Å². The van der Waals surface area contributed by atoms with Gasteiger partial charge >= 0.3 is 0 Å². The number of nitrogens with zero attached hydrogens (tertiary/aromatic N) is 1. The molecule has 2 aromatic rings. The lowest BCUT2D eigenvalue weighted by molar-refractivity contribution is -0.0523. The summed E-state index contributed by atoms with van der Waals surface area (Å²) in [4.78, 5) is 2.49. The molecule has 3 nitrogen and oxygen atoms in total. The fourth-order valence-corrected chi connectivity index (χ4v) is 4.54. The van der Waals surface area contributed by atoms with Gasteiger partial charge in [-0.1, -0.05) is 60.7 Å². The Bertz CT molecular complexity index is 635. The van der Waals surface area contributed by atoms with Gasteiger partial charge in [0.05, 0.1) is 12.2 Å². The molecule has 2 heterocycles. The van der Waals surface area contributed by atoms with Gasteiger partial charge in [0.2, 0.25) is 0 Å². The topological polar surface area (TPSA) is 21.7 Å². The van der Waals surface area contributed by atoms with Gasteiger partial charge in [-0.3, -0.25) is 4.90 Å². The van der Waals surface area contributed by atoms with Crippen LogP contribution in [-0.2, 0) is 9.47 Å². The van der Waals surface area contributed by atoms with Gasteiger partial charge in [0.25, 0.3) is 0 Å². The zero-order valence-electron chi connectivity index (χ0n) is 15.0. The zero-order chi connectivity index (χ0) is 17.2. The van der Waals surface area contributed by atoms with Gasteiger partial charge in [-0.25, -0.2) is 0 Å². The normalized spacial score (nSPS) is 29.2. The summed E-state index contributed by atoms with van der Waals surface area (Å²) in [6, 6.07) is 22.2. The lowest BCUT2D eigenvalue weighted by atomic mass is 9.97. The summed E-state index contributed by atoms with van der Waals surface area (Å²) in [5, 5.41) is 0. The predicted octanol–water partition coefficient (Wildman–Crippen LogP) is 4.04.